The normalized spacial score (nSPS) is 8.59. The highest BCUT2D eigenvalue weighted by molar-refractivity contribution is 5.91. The molecule has 0 heterocycles. The highest BCUT2D eigenvalue weighted by atomic mass is 16.5. The second-order valence-electron chi connectivity index (χ2n) is 2.94. The van der Waals surface area contributed by atoms with Gasteiger partial charge in [-0.1, -0.05) is 36.4 Å². The summed E-state index contributed by atoms with van der Waals surface area (Å²) in [6.07, 6.45) is -0.290. The van der Waals surface area contributed by atoms with Gasteiger partial charge < -0.3 is 9.47 Å². The minimum atomic E-state index is -0.536. The van der Waals surface area contributed by atoms with E-state index in [0.29, 0.717) is 0 Å². The van der Waals surface area contributed by atoms with Gasteiger partial charge in [0.2, 0.25) is 0 Å². The molecule has 0 atom stereocenters. The Morgan fingerprint density at radius 3 is 1.29 bits per heavy atom. The summed E-state index contributed by atoms with van der Waals surface area (Å²) in [5, 5.41) is 0. The second kappa shape index (κ2) is 10.7. The van der Waals surface area contributed by atoms with Crippen LogP contribution in [0.3, 0.4) is 0 Å². The number of carbonyl (C=O) groups excluding carboxylic acids is 2. The zero-order valence-corrected chi connectivity index (χ0v) is 10.2. The fourth-order valence-electron chi connectivity index (χ4n) is 0.927. The minimum Gasteiger partial charge on any atom is -0.466 e. The van der Waals surface area contributed by atoms with Gasteiger partial charge in [0.15, 0.2) is 0 Å². The molecule has 0 spiro atoms. The number of carbonyl (C=O) groups is 2. The number of hydrogen-bond acceptors (Lipinski definition) is 4. The predicted octanol–water partition coefficient (Wildman–Crippen LogP) is 2.19. The summed E-state index contributed by atoms with van der Waals surface area (Å²) in [5.74, 6) is -1.07. The quantitative estimate of drug-likeness (QED) is 0.596. The molecule has 1 aromatic rings. The fraction of sp³-hybridized carbons (Fsp3) is 0.385. The molecule has 0 unspecified atom stereocenters. The summed E-state index contributed by atoms with van der Waals surface area (Å²) in [5.41, 5.74) is 0. The van der Waals surface area contributed by atoms with Crippen LogP contribution in [0.4, 0.5) is 0 Å². The average Bonchev–Trinajstić information content (AvgIpc) is 2.32. The van der Waals surface area contributed by atoms with Gasteiger partial charge in [0.25, 0.3) is 0 Å². The van der Waals surface area contributed by atoms with E-state index in [1.165, 1.54) is 0 Å². The largest absolute Gasteiger partial charge is 0.466 e. The van der Waals surface area contributed by atoms with E-state index in [4.69, 9.17) is 0 Å². The Bertz CT molecular complexity index is 266. The van der Waals surface area contributed by atoms with E-state index in [1.54, 1.807) is 13.8 Å². The number of benzene rings is 1. The first-order valence-electron chi connectivity index (χ1n) is 5.52. The Hall–Kier alpha value is -1.84. The monoisotopic (exact) mass is 238 g/mol. The van der Waals surface area contributed by atoms with Crippen molar-refractivity contribution in [1.29, 1.82) is 0 Å². The molecule has 0 N–H and O–H groups in total. The molecule has 0 aliphatic heterocycles. The van der Waals surface area contributed by atoms with Crippen LogP contribution in [-0.4, -0.2) is 25.2 Å². The smallest absolute Gasteiger partial charge is 0.317 e. The van der Waals surface area contributed by atoms with Crippen LogP contribution in [0.25, 0.3) is 0 Å². The molecule has 17 heavy (non-hydrogen) atoms. The molecule has 0 aromatic heterocycles. The van der Waals surface area contributed by atoms with Gasteiger partial charge in [-0.25, -0.2) is 0 Å². The summed E-state index contributed by atoms with van der Waals surface area (Å²) >= 11 is 0. The number of hydrogen-bond donors (Lipinski definition) is 0. The molecule has 0 saturated carbocycles. The summed E-state index contributed by atoms with van der Waals surface area (Å²) in [4.78, 5) is 21.2. The Morgan fingerprint density at radius 1 is 0.765 bits per heavy atom. The summed E-state index contributed by atoms with van der Waals surface area (Å²) < 4.78 is 9.04. The Balaban J connectivity index is 0.000000354. The minimum absolute atomic E-state index is 0.290. The maximum Gasteiger partial charge on any atom is 0.317 e. The lowest BCUT2D eigenvalue weighted by Crippen LogP contribution is -2.13. The van der Waals surface area contributed by atoms with Crippen LogP contribution in [-0.2, 0) is 19.1 Å². The zero-order valence-electron chi connectivity index (χ0n) is 10.2. The molecule has 0 saturated heterocycles. The van der Waals surface area contributed by atoms with Crippen LogP contribution in [0.5, 0.6) is 0 Å². The van der Waals surface area contributed by atoms with Crippen molar-refractivity contribution in [2.24, 2.45) is 0 Å². The molecule has 0 radical (unpaired) electrons. The van der Waals surface area contributed by atoms with Crippen molar-refractivity contribution in [1.82, 2.24) is 0 Å². The standard InChI is InChI=1S/C7H12O4.C6H6/c1-3-10-6(8)5-7(9)11-4-2;1-2-4-6-5-3-1/h3-5H2,1-2H3;1-6H. The summed E-state index contributed by atoms with van der Waals surface area (Å²) in [6.45, 7) is 3.95. The molecule has 4 nitrogen and oxygen atoms in total. The van der Waals surface area contributed by atoms with E-state index in [9.17, 15) is 9.59 Å². The lowest BCUT2D eigenvalue weighted by molar-refractivity contribution is -0.153. The van der Waals surface area contributed by atoms with E-state index in [2.05, 4.69) is 9.47 Å². The fourth-order valence-corrected chi connectivity index (χ4v) is 0.927. The molecular formula is C13H18O4. The first-order chi connectivity index (χ1) is 8.20. The molecule has 0 bridgehead atoms. The third kappa shape index (κ3) is 10.4. The molecule has 0 amide bonds. The van der Waals surface area contributed by atoms with Crippen molar-refractivity contribution in [3.63, 3.8) is 0 Å². The molecule has 94 valence electrons. The highest BCUT2D eigenvalue weighted by Gasteiger charge is 2.09. The van der Waals surface area contributed by atoms with Crippen LogP contribution in [0.15, 0.2) is 36.4 Å². The number of esters is 2. The van der Waals surface area contributed by atoms with Crippen LogP contribution < -0.4 is 0 Å². The Kier molecular flexibility index (Phi) is 9.52. The maximum absolute atomic E-state index is 10.6. The lowest BCUT2D eigenvalue weighted by atomic mass is 10.4. The van der Waals surface area contributed by atoms with Crippen LogP contribution >= 0.6 is 0 Å². The van der Waals surface area contributed by atoms with Gasteiger partial charge in [0, 0.05) is 0 Å². The van der Waals surface area contributed by atoms with Crippen molar-refractivity contribution in [2.45, 2.75) is 20.3 Å². The molecular weight excluding hydrogens is 220 g/mol. The van der Waals surface area contributed by atoms with E-state index < -0.39 is 11.9 Å². The maximum atomic E-state index is 10.6. The Morgan fingerprint density at radius 2 is 1.06 bits per heavy atom. The highest BCUT2D eigenvalue weighted by Crippen LogP contribution is 1.89. The van der Waals surface area contributed by atoms with Gasteiger partial charge in [-0.15, -0.1) is 0 Å². The first kappa shape index (κ1) is 15.2. The van der Waals surface area contributed by atoms with Gasteiger partial charge in [0.1, 0.15) is 6.42 Å². The van der Waals surface area contributed by atoms with E-state index >= 15 is 0 Å². The summed E-state index contributed by atoms with van der Waals surface area (Å²) in [7, 11) is 0. The third-order valence-electron chi connectivity index (χ3n) is 1.57. The predicted molar refractivity (Wildman–Crippen MR) is 64.3 cm³/mol. The van der Waals surface area contributed by atoms with Crippen molar-refractivity contribution < 1.29 is 19.1 Å². The van der Waals surface area contributed by atoms with Crippen molar-refractivity contribution in [2.75, 3.05) is 13.2 Å². The summed E-state index contributed by atoms with van der Waals surface area (Å²) in [6, 6.07) is 12.0. The molecule has 1 aromatic carbocycles. The van der Waals surface area contributed by atoms with Gasteiger partial charge in [-0.2, -0.15) is 0 Å². The number of rotatable bonds is 4. The second-order valence-corrected chi connectivity index (χ2v) is 2.94. The van der Waals surface area contributed by atoms with E-state index in [-0.39, 0.29) is 19.6 Å². The number of ether oxygens (including phenoxy) is 2. The average molecular weight is 238 g/mol. The molecule has 0 fully saturated rings. The third-order valence-corrected chi connectivity index (χ3v) is 1.57. The lowest BCUT2D eigenvalue weighted by Gasteiger charge is -2.00. The molecule has 0 aliphatic rings. The van der Waals surface area contributed by atoms with Crippen molar-refractivity contribution >= 4 is 11.9 Å². The van der Waals surface area contributed by atoms with Crippen molar-refractivity contribution in [3.8, 4) is 0 Å². The van der Waals surface area contributed by atoms with Crippen LogP contribution in [0.1, 0.15) is 20.3 Å². The molecule has 1 rings (SSSR count). The zero-order chi connectivity index (χ0) is 12.9. The van der Waals surface area contributed by atoms with Crippen LogP contribution in [0.2, 0.25) is 0 Å². The molecule has 0 aliphatic carbocycles. The Labute approximate surface area is 102 Å². The van der Waals surface area contributed by atoms with Gasteiger partial charge in [0.05, 0.1) is 13.2 Å². The van der Waals surface area contributed by atoms with E-state index in [1.807, 2.05) is 36.4 Å². The van der Waals surface area contributed by atoms with Crippen LogP contribution in [0, 0.1) is 0 Å². The first-order valence-corrected chi connectivity index (χ1v) is 5.52. The van der Waals surface area contributed by atoms with Gasteiger partial charge >= 0.3 is 11.9 Å². The van der Waals surface area contributed by atoms with Gasteiger partial charge in [-0.05, 0) is 13.8 Å². The van der Waals surface area contributed by atoms with Gasteiger partial charge in [-0.3, -0.25) is 9.59 Å². The SMILES string of the molecule is CCOC(=O)CC(=O)OCC.c1ccccc1. The van der Waals surface area contributed by atoms with E-state index in [0.717, 1.165) is 0 Å². The molecule has 4 heteroatoms. The topological polar surface area (TPSA) is 52.6 Å². The van der Waals surface area contributed by atoms with Crippen molar-refractivity contribution in [3.05, 3.63) is 36.4 Å².